The third-order valence-electron chi connectivity index (χ3n) is 1.59. The predicted octanol–water partition coefficient (Wildman–Crippen LogP) is 2.71. The van der Waals surface area contributed by atoms with Crippen molar-refractivity contribution in [2.75, 3.05) is 5.32 Å². The van der Waals surface area contributed by atoms with Crippen molar-refractivity contribution in [3.63, 3.8) is 0 Å². The van der Waals surface area contributed by atoms with Gasteiger partial charge in [-0.1, -0.05) is 15.9 Å². The lowest BCUT2D eigenvalue weighted by Crippen LogP contribution is -2.12. The Morgan fingerprint density at radius 1 is 1.47 bits per heavy atom. The molecule has 1 aromatic carbocycles. The second-order valence-electron chi connectivity index (χ2n) is 2.80. The number of aromatic carboxylic acids is 1. The van der Waals surface area contributed by atoms with E-state index >= 15 is 0 Å². The van der Waals surface area contributed by atoms with Crippen LogP contribution in [0.4, 0.5) is 5.69 Å². The second-order valence-corrected chi connectivity index (χ2v) is 4.87. The van der Waals surface area contributed by atoms with E-state index in [9.17, 15) is 9.59 Å². The van der Waals surface area contributed by atoms with E-state index in [0.29, 0.717) is 13.7 Å². The molecule has 15 heavy (non-hydrogen) atoms. The van der Waals surface area contributed by atoms with Crippen molar-refractivity contribution in [1.82, 2.24) is 0 Å². The topological polar surface area (TPSA) is 66.4 Å². The summed E-state index contributed by atoms with van der Waals surface area (Å²) in [6.07, 6.45) is 0. The van der Waals surface area contributed by atoms with Gasteiger partial charge < -0.3 is 10.4 Å². The van der Waals surface area contributed by atoms with Crippen LogP contribution in [0.2, 0.25) is 0 Å². The summed E-state index contributed by atoms with van der Waals surface area (Å²) in [5.41, 5.74) is 0.405. The Hall–Kier alpha value is -0.630. The van der Waals surface area contributed by atoms with Crippen LogP contribution in [0.1, 0.15) is 17.3 Å². The van der Waals surface area contributed by atoms with Gasteiger partial charge in [-0.15, -0.1) is 0 Å². The first-order valence-electron chi connectivity index (χ1n) is 3.91. The van der Waals surface area contributed by atoms with Gasteiger partial charge in [0.15, 0.2) is 0 Å². The summed E-state index contributed by atoms with van der Waals surface area (Å²) in [6.45, 7) is 1.34. The Balaban J connectivity index is 3.33. The van der Waals surface area contributed by atoms with E-state index in [0.717, 1.165) is 0 Å². The summed E-state index contributed by atoms with van der Waals surface area (Å²) in [4.78, 5) is 21.8. The van der Waals surface area contributed by atoms with Gasteiger partial charge in [0.05, 0.1) is 11.3 Å². The fourth-order valence-electron chi connectivity index (χ4n) is 1.05. The molecule has 0 saturated carbocycles. The van der Waals surface area contributed by atoms with Crippen LogP contribution >= 0.6 is 38.5 Å². The molecule has 4 nitrogen and oxygen atoms in total. The molecule has 0 aliphatic carbocycles. The fourth-order valence-corrected chi connectivity index (χ4v) is 2.69. The third kappa shape index (κ3) is 3.16. The highest BCUT2D eigenvalue weighted by atomic mass is 127. The van der Waals surface area contributed by atoms with Gasteiger partial charge in [-0.3, -0.25) is 4.79 Å². The maximum atomic E-state index is 10.9. The number of halogens is 2. The zero-order valence-corrected chi connectivity index (χ0v) is 11.4. The van der Waals surface area contributed by atoms with Crippen LogP contribution < -0.4 is 5.32 Å². The molecule has 6 heteroatoms. The number of anilines is 1. The minimum Gasteiger partial charge on any atom is -0.478 e. The molecule has 0 atom stereocenters. The maximum absolute atomic E-state index is 10.9. The number of nitrogens with one attached hydrogen (secondary N) is 1. The van der Waals surface area contributed by atoms with Crippen LogP contribution in [0.25, 0.3) is 0 Å². The Bertz CT molecular complexity index is 434. The molecule has 0 saturated heterocycles. The number of hydrogen-bond acceptors (Lipinski definition) is 2. The molecule has 0 aliphatic rings. The summed E-state index contributed by atoms with van der Waals surface area (Å²) in [5.74, 6) is -1.37. The molecule has 0 radical (unpaired) electrons. The first kappa shape index (κ1) is 12.4. The summed E-state index contributed by atoms with van der Waals surface area (Å²) in [7, 11) is 0. The zero-order valence-electron chi connectivity index (χ0n) is 7.67. The van der Waals surface area contributed by atoms with Crippen LogP contribution in [0.3, 0.4) is 0 Å². The lowest BCUT2D eigenvalue weighted by Gasteiger charge is -2.09. The lowest BCUT2D eigenvalue weighted by atomic mass is 10.2. The molecule has 1 amide bonds. The van der Waals surface area contributed by atoms with Crippen LogP contribution in [0.15, 0.2) is 16.6 Å². The molecular weight excluding hydrogens is 377 g/mol. The van der Waals surface area contributed by atoms with Gasteiger partial charge in [0, 0.05) is 15.0 Å². The van der Waals surface area contributed by atoms with Crippen molar-refractivity contribution in [1.29, 1.82) is 0 Å². The van der Waals surface area contributed by atoms with Gasteiger partial charge in [0.2, 0.25) is 5.91 Å². The summed E-state index contributed by atoms with van der Waals surface area (Å²) in [6, 6.07) is 3.19. The number of benzene rings is 1. The Kier molecular flexibility index (Phi) is 4.09. The standard InChI is InChI=1S/C9H7BrINO3/c1-4(13)12-8-6(9(14)15)2-5(10)3-7(8)11/h2-3H,1H3,(H,12,13)(H,14,15). The van der Waals surface area contributed by atoms with E-state index in [1.54, 1.807) is 6.07 Å². The Labute approximate surface area is 108 Å². The molecule has 0 fully saturated rings. The van der Waals surface area contributed by atoms with Gasteiger partial charge in [-0.2, -0.15) is 0 Å². The molecule has 0 aliphatic heterocycles. The summed E-state index contributed by atoms with van der Waals surface area (Å²) < 4.78 is 1.34. The molecule has 1 rings (SSSR count). The molecular formula is C9H7BrINO3. The van der Waals surface area contributed by atoms with Gasteiger partial charge in [-0.25, -0.2) is 4.79 Å². The first-order chi connectivity index (χ1) is 6.91. The molecule has 80 valence electrons. The number of amides is 1. The first-order valence-corrected chi connectivity index (χ1v) is 5.79. The molecule has 0 bridgehead atoms. The predicted molar refractivity (Wildman–Crippen MR) is 68.1 cm³/mol. The van der Waals surface area contributed by atoms with Gasteiger partial charge in [0.25, 0.3) is 0 Å². The SMILES string of the molecule is CC(=O)Nc1c(I)cc(Br)cc1C(=O)O. The zero-order chi connectivity index (χ0) is 11.6. The molecule has 0 aromatic heterocycles. The highest BCUT2D eigenvalue weighted by Crippen LogP contribution is 2.27. The summed E-state index contributed by atoms with van der Waals surface area (Å²) >= 11 is 5.17. The second kappa shape index (κ2) is 4.93. The van der Waals surface area contributed by atoms with Gasteiger partial charge >= 0.3 is 5.97 Å². The Morgan fingerprint density at radius 3 is 2.53 bits per heavy atom. The highest BCUT2D eigenvalue weighted by molar-refractivity contribution is 14.1. The maximum Gasteiger partial charge on any atom is 0.337 e. The molecule has 0 unspecified atom stereocenters. The van der Waals surface area contributed by atoms with Crippen molar-refractivity contribution < 1.29 is 14.7 Å². The molecule has 0 spiro atoms. The van der Waals surface area contributed by atoms with Crippen LogP contribution in [-0.4, -0.2) is 17.0 Å². The van der Waals surface area contributed by atoms with E-state index in [1.807, 2.05) is 22.6 Å². The van der Waals surface area contributed by atoms with Crippen molar-refractivity contribution in [3.05, 3.63) is 25.7 Å². The van der Waals surface area contributed by atoms with Crippen molar-refractivity contribution in [3.8, 4) is 0 Å². The molecule has 1 aromatic rings. The van der Waals surface area contributed by atoms with Gasteiger partial charge in [-0.05, 0) is 34.7 Å². The minimum absolute atomic E-state index is 0.0731. The van der Waals surface area contributed by atoms with Crippen LogP contribution in [0.5, 0.6) is 0 Å². The molecule has 2 N–H and O–H groups in total. The number of carboxylic acid groups (broad SMARTS) is 1. The van der Waals surface area contributed by atoms with Crippen molar-refractivity contribution in [2.24, 2.45) is 0 Å². The lowest BCUT2D eigenvalue weighted by molar-refractivity contribution is -0.114. The van der Waals surface area contributed by atoms with Crippen molar-refractivity contribution >= 4 is 56.1 Å². The Morgan fingerprint density at radius 2 is 2.07 bits per heavy atom. The quantitative estimate of drug-likeness (QED) is 0.771. The van der Waals surface area contributed by atoms with E-state index in [4.69, 9.17) is 5.11 Å². The van der Waals surface area contributed by atoms with E-state index in [-0.39, 0.29) is 11.5 Å². The van der Waals surface area contributed by atoms with Crippen LogP contribution in [-0.2, 0) is 4.79 Å². The fraction of sp³-hybridized carbons (Fsp3) is 0.111. The minimum atomic E-state index is -1.07. The number of carbonyl (C=O) groups excluding carboxylic acids is 1. The van der Waals surface area contributed by atoms with Crippen LogP contribution in [0, 0.1) is 3.57 Å². The third-order valence-corrected chi connectivity index (χ3v) is 2.90. The largest absolute Gasteiger partial charge is 0.478 e. The van der Waals surface area contributed by atoms with Crippen molar-refractivity contribution in [2.45, 2.75) is 6.92 Å². The monoisotopic (exact) mass is 383 g/mol. The number of carboxylic acids is 1. The van der Waals surface area contributed by atoms with E-state index < -0.39 is 5.97 Å². The number of rotatable bonds is 2. The average molecular weight is 384 g/mol. The van der Waals surface area contributed by atoms with E-state index in [1.165, 1.54) is 13.0 Å². The smallest absolute Gasteiger partial charge is 0.337 e. The highest BCUT2D eigenvalue weighted by Gasteiger charge is 2.15. The van der Waals surface area contributed by atoms with E-state index in [2.05, 4.69) is 21.2 Å². The molecule has 0 heterocycles. The summed E-state index contributed by atoms with van der Waals surface area (Å²) in [5, 5.41) is 11.5. The number of carbonyl (C=O) groups is 2. The normalized spacial score (nSPS) is 9.80. The van der Waals surface area contributed by atoms with Gasteiger partial charge in [0.1, 0.15) is 0 Å². The number of hydrogen-bond donors (Lipinski definition) is 2. The average Bonchev–Trinajstić information content (AvgIpc) is 2.08.